The maximum atomic E-state index is 13.7. The SMILES string of the molecule is C[C@H]1OCC2(CCNCC2)[C@@H]1N[S+]([O-])C(C)(C)CN1CCC2(CC1)CO[C@H](C)[C@@H]2N[S+]([O-])C(C)(C)C. The van der Waals surface area contributed by atoms with Crippen molar-refractivity contribution in [3.8, 4) is 0 Å². The van der Waals surface area contributed by atoms with Gasteiger partial charge in [0.05, 0.1) is 44.1 Å². The molecule has 2 unspecified atom stereocenters. The number of nitrogens with zero attached hydrogens (tertiary/aromatic N) is 1. The lowest BCUT2D eigenvalue weighted by Crippen LogP contribution is -2.60. The molecule has 0 aromatic rings. The predicted molar refractivity (Wildman–Crippen MR) is 147 cm³/mol. The summed E-state index contributed by atoms with van der Waals surface area (Å²) in [5.74, 6) is 0. The van der Waals surface area contributed by atoms with Gasteiger partial charge >= 0.3 is 0 Å². The average Bonchev–Trinajstić information content (AvgIpc) is 3.27. The first-order valence-electron chi connectivity index (χ1n) is 13.8. The van der Waals surface area contributed by atoms with Crippen LogP contribution < -0.4 is 14.8 Å². The Morgan fingerprint density at radius 3 is 1.81 bits per heavy atom. The maximum Gasteiger partial charge on any atom is 0.152 e. The van der Waals surface area contributed by atoms with Gasteiger partial charge in [-0.3, -0.25) is 4.90 Å². The summed E-state index contributed by atoms with van der Waals surface area (Å²) >= 11 is -2.30. The zero-order valence-corrected chi connectivity index (χ0v) is 25.1. The van der Waals surface area contributed by atoms with Crippen LogP contribution in [0, 0.1) is 10.8 Å². The van der Waals surface area contributed by atoms with Crippen LogP contribution in [0.25, 0.3) is 0 Å². The molecule has 4 saturated heterocycles. The maximum absolute atomic E-state index is 13.7. The molecular formula is C26H50N4O4S2. The van der Waals surface area contributed by atoms with Gasteiger partial charge in [-0.2, -0.15) is 0 Å². The Labute approximate surface area is 225 Å². The van der Waals surface area contributed by atoms with Crippen LogP contribution in [0.2, 0.25) is 0 Å². The topological polar surface area (TPSA) is 104 Å². The molecule has 4 fully saturated rings. The van der Waals surface area contributed by atoms with Crippen molar-refractivity contribution in [2.75, 3.05) is 45.9 Å². The first-order chi connectivity index (χ1) is 16.8. The van der Waals surface area contributed by atoms with Crippen LogP contribution in [0.3, 0.4) is 0 Å². The van der Waals surface area contributed by atoms with Gasteiger partial charge in [-0.15, -0.1) is 9.44 Å². The van der Waals surface area contributed by atoms with Crippen molar-refractivity contribution in [3.63, 3.8) is 0 Å². The number of hydrogen-bond donors (Lipinski definition) is 3. The van der Waals surface area contributed by atoms with Gasteiger partial charge in [0.1, 0.15) is 4.75 Å². The summed E-state index contributed by atoms with van der Waals surface area (Å²) in [6, 6.07) is 0.213. The van der Waals surface area contributed by atoms with E-state index >= 15 is 0 Å². The predicted octanol–water partition coefficient (Wildman–Crippen LogP) is 2.10. The van der Waals surface area contributed by atoms with E-state index < -0.39 is 22.7 Å². The quantitative estimate of drug-likeness (QED) is 0.417. The molecule has 6 atom stereocenters. The smallest absolute Gasteiger partial charge is 0.152 e. The third-order valence-electron chi connectivity index (χ3n) is 9.11. The normalized spacial score (nSPS) is 34.9. The van der Waals surface area contributed by atoms with E-state index in [1.54, 1.807) is 0 Å². The molecule has 4 aliphatic rings. The largest absolute Gasteiger partial charge is 0.598 e. The summed E-state index contributed by atoms with van der Waals surface area (Å²) in [5, 5.41) is 3.46. The molecule has 4 rings (SSSR count). The highest BCUT2D eigenvalue weighted by molar-refractivity contribution is 7.91. The number of piperidine rings is 2. The van der Waals surface area contributed by atoms with Crippen LogP contribution in [-0.2, 0) is 32.2 Å². The van der Waals surface area contributed by atoms with Gasteiger partial charge in [0.25, 0.3) is 0 Å². The van der Waals surface area contributed by atoms with Crippen LogP contribution in [-0.4, -0.2) is 93.7 Å². The molecule has 0 aliphatic carbocycles. The highest BCUT2D eigenvalue weighted by Crippen LogP contribution is 2.44. The van der Waals surface area contributed by atoms with Gasteiger partial charge in [0.2, 0.25) is 0 Å². The highest BCUT2D eigenvalue weighted by atomic mass is 32.2. The lowest BCUT2D eigenvalue weighted by molar-refractivity contribution is 0.0642. The number of likely N-dealkylation sites (tertiary alicyclic amines) is 1. The first kappa shape index (κ1) is 29.4. The Morgan fingerprint density at radius 1 is 0.833 bits per heavy atom. The molecule has 8 nitrogen and oxygen atoms in total. The van der Waals surface area contributed by atoms with Crippen molar-refractivity contribution in [1.82, 2.24) is 19.7 Å². The fraction of sp³-hybridized carbons (Fsp3) is 1.00. The second-order valence-electron chi connectivity index (χ2n) is 13.4. The Kier molecular flexibility index (Phi) is 9.05. The van der Waals surface area contributed by atoms with E-state index in [-0.39, 0.29) is 44.6 Å². The van der Waals surface area contributed by atoms with Crippen LogP contribution in [0.1, 0.15) is 74.1 Å². The second-order valence-corrected chi connectivity index (χ2v) is 17.3. The molecule has 3 N–H and O–H groups in total. The highest BCUT2D eigenvalue weighted by Gasteiger charge is 2.54. The minimum atomic E-state index is -1.18. The number of ether oxygens (including phenoxy) is 2. The lowest BCUT2D eigenvalue weighted by Gasteiger charge is -2.45. The number of hydrogen-bond acceptors (Lipinski definition) is 8. The van der Waals surface area contributed by atoms with Crippen molar-refractivity contribution in [1.29, 1.82) is 0 Å². The molecule has 4 aliphatic heterocycles. The Morgan fingerprint density at radius 2 is 1.31 bits per heavy atom. The van der Waals surface area contributed by atoms with E-state index in [2.05, 4.69) is 47.4 Å². The minimum absolute atomic E-state index is 0.0103. The van der Waals surface area contributed by atoms with E-state index in [1.807, 2.05) is 20.8 Å². The zero-order valence-electron chi connectivity index (χ0n) is 23.5. The molecule has 0 aromatic heterocycles. The number of nitrogens with one attached hydrogen (secondary N) is 3. The van der Waals surface area contributed by atoms with E-state index in [1.165, 1.54) is 0 Å². The van der Waals surface area contributed by atoms with Crippen molar-refractivity contribution in [3.05, 3.63) is 0 Å². The van der Waals surface area contributed by atoms with Crippen LogP contribution >= 0.6 is 0 Å². The first-order valence-corrected chi connectivity index (χ1v) is 16.1. The molecule has 0 aromatic carbocycles. The summed E-state index contributed by atoms with van der Waals surface area (Å²) in [5.41, 5.74) is 0.0959. The zero-order chi connectivity index (χ0) is 26.4. The van der Waals surface area contributed by atoms with E-state index in [0.29, 0.717) is 6.61 Å². The Hall–Kier alpha value is 0.380. The fourth-order valence-electron chi connectivity index (χ4n) is 6.56. The standard InChI is InChI=1S/C26H50N4O4S2/c1-19-21(25(17-33-19)8-12-27-13-9-25)29-36(32)24(6,7)16-30-14-10-26(11-15-30)18-34-20(2)22(26)28-35(31)23(3,4)5/h19-22,27-29H,8-18H2,1-7H3/t19-,20-,21-,22+,35?,36?/m1/s1. The summed E-state index contributed by atoms with van der Waals surface area (Å²) in [4.78, 5) is 2.46. The van der Waals surface area contributed by atoms with E-state index in [0.717, 1.165) is 65.0 Å². The molecule has 0 saturated carbocycles. The molecule has 4 heterocycles. The Bertz CT molecular complexity index is 732. The molecule has 10 heteroatoms. The van der Waals surface area contributed by atoms with Gasteiger partial charge < -0.3 is 23.9 Å². The van der Waals surface area contributed by atoms with E-state index in [4.69, 9.17) is 9.47 Å². The lowest BCUT2D eigenvalue weighted by atomic mass is 9.73. The van der Waals surface area contributed by atoms with Gasteiger partial charge in [0.15, 0.2) is 4.75 Å². The summed E-state index contributed by atoms with van der Waals surface area (Å²) in [6.45, 7) is 20.6. The minimum Gasteiger partial charge on any atom is -0.598 e. The monoisotopic (exact) mass is 546 g/mol. The molecule has 210 valence electrons. The third kappa shape index (κ3) is 6.08. The molecule has 2 spiro atoms. The summed E-state index contributed by atoms with van der Waals surface area (Å²) in [6.07, 6.45) is 4.25. The van der Waals surface area contributed by atoms with Crippen molar-refractivity contribution in [2.24, 2.45) is 10.8 Å². The molecule has 0 bridgehead atoms. The third-order valence-corrected chi connectivity index (χ3v) is 12.3. The van der Waals surface area contributed by atoms with Crippen LogP contribution in [0.5, 0.6) is 0 Å². The molecule has 0 radical (unpaired) electrons. The van der Waals surface area contributed by atoms with Crippen molar-refractivity contribution < 1.29 is 18.6 Å². The number of rotatable bonds is 7. The molecule has 36 heavy (non-hydrogen) atoms. The summed E-state index contributed by atoms with van der Waals surface area (Å²) < 4.78 is 45.0. The van der Waals surface area contributed by atoms with Gasteiger partial charge in [0, 0.05) is 33.6 Å². The fourth-order valence-corrected chi connectivity index (χ4v) is 8.88. The molecule has 0 amide bonds. The average molecular weight is 547 g/mol. The Balaban J connectivity index is 1.34. The van der Waals surface area contributed by atoms with Gasteiger partial charge in [-0.05, 0) is 100 Å². The van der Waals surface area contributed by atoms with Gasteiger partial charge in [-0.25, -0.2) is 0 Å². The second kappa shape index (κ2) is 11.1. The van der Waals surface area contributed by atoms with E-state index in [9.17, 15) is 9.11 Å². The summed E-state index contributed by atoms with van der Waals surface area (Å²) in [7, 11) is 0. The van der Waals surface area contributed by atoms with Gasteiger partial charge in [-0.1, -0.05) is 0 Å². The molecular weight excluding hydrogens is 496 g/mol. The van der Waals surface area contributed by atoms with Crippen molar-refractivity contribution in [2.45, 2.75) is 108 Å². The van der Waals surface area contributed by atoms with Crippen LogP contribution in [0.15, 0.2) is 0 Å². The van der Waals surface area contributed by atoms with Crippen LogP contribution in [0.4, 0.5) is 0 Å². The van der Waals surface area contributed by atoms with Crippen molar-refractivity contribution >= 4 is 22.7 Å².